The topological polar surface area (TPSA) is 60.9 Å². The van der Waals surface area contributed by atoms with Crippen molar-refractivity contribution in [2.45, 2.75) is 30.7 Å². The van der Waals surface area contributed by atoms with Gasteiger partial charge in [0.15, 0.2) is 0 Å². The van der Waals surface area contributed by atoms with Crippen LogP contribution < -0.4 is 0 Å². The summed E-state index contributed by atoms with van der Waals surface area (Å²) in [5.74, 6) is 0.0980. The number of sulfonamides is 1. The zero-order valence-electron chi connectivity index (χ0n) is 16.7. The fourth-order valence-electron chi connectivity index (χ4n) is 4.13. The van der Waals surface area contributed by atoms with Crippen LogP contribution >= 0.6 is 11.3 Å². The summed E-state index contributed by atoms with van der Waals surface area (Å²) in [6, 6.07) is 11.5. The maximum Gasteiger partial charge on any atom is 0.243 e. The number of likely N-dealkylation sites (tertiary alicyclic amines) is 1. The van der Waals surface area contributed by atoms with Gasteiger partial charge in [-0.1, -0.05) is 23.8 Å². The first-order chi connectivity index (χ1) is 13.9. The number of amides is 1. The Bertz CT molecular complexity index is 934. The Labute approximate surface area is 176 Å². The number of nitrogens with zero attached hydrogens (tertiary/aromatic N) is 3. The van der Waals surface area contributed by atoms with E-state index in [2.05, 4.69) is 22.4 Å². The average molecular weight is 434 g/mol. The van der Waals surface area contributed by atoms with Gasteiger partial charge in [-0.15, -0.1) is 11.3 Å². The highest BCUT2D eigenvalue weighted by Crippen LogP contribution is 2.34. The zero-order chi connectivity index (χ0) is 20.4. The summed E-state index contributed by atoms with van der Waals surface area (Å²) in [6.07, 6.45) is 2.20. The molecule has 1 unspecified atom stereocenters. The minimum Gasteiger partial charge on any atom is -0.339 e. The molecule has 1 amide bonds. The largest absolute Gasteiger partial charge is 0.339 e. The molecule has 0 N–H and O–H groups in total. The Hall–Kier alpha value is -1.74. The quantitative estimate of drug-likeness (QED) is 0.728. The highest BCUT2D eigenvalue weighted by Gasteiger charge is 2.33. The van der Waals surface area contributed by atoms with Gasteiger partial charge in [0.25, 0.3) is 0 Å². The lowest BCUT2D eigenvalue weighted by molar-refractivity contribution is -0.133. The molecule has 0 saturated carbocycles. The van der Waals surface area contributed by atoms with Crippen LogP contribution in [0.2, 0.25) is 0 Å². The van der Waals surface area contributed by atoms with Crippen LogP contribution in [0.4, 0.5) is 0 Å². The third-order valence-electron chi connectivity index (χ3n) is 5.82. The van der Waals surface area contributed by atoms with Crippen LogP contribution in [0.3, 0.4) is 0 Å². The van der Waals surface area contributed by atoms with Crippen molar-refractivity contribution in [3.05, 3.63) is 52.2 Å². The molecule has 2 fully saturated rings. The van der Waals surface area contributed by atoms with Crippen molar-refractivity contribution in [3.8, 4) is 0 Å². The summed E-state index contributed by atoms with van der Waals surface area (Å²) in [7, 11) is -3.50. The molecule has 1 atom stereocenters. The molecule has 6 nitrogen and oxygen atoms in total. The number of piperazine rings is 1. The van der Waals surface area contributed by atoms with Crippen LogP contribution in [0, 0.1) is 6.92 Å². The maximum atomic E-state index is 12.9. The van der Waals surface area contributed by atoms with Crippen molar-refractivity contribution < 1.29 is 13.2 Å². The van der Waals surface area contributed by atoms with Gasteiger partial charge in [-0.05, 0) is 49.9 Å². The summed E-state index contributed by atoms with van der Waals surface area (Å²) in [5.41, 5.74) is 1.03. The Kier molecular flexibility index (Phi) is 6.06. The first-order valence-electron chi connectivity index (χ1n) is 10.1. The van der Waals surface area contributed by atoms with E-state index in [0.717, 1.165) is 24.9 Å². The highest BCUT2D eigenvalue weighted by molar-refractivity contribution is 7.89. The van der Waals surface area contributed by atoms with Crippen LogP contribution in [0.1, 0.15) is 29.3 Å². The van der Waals surface area contributed by atoms with Crippen molar-refractivity contribution in [3.63, 3.8) is 0 Å². The van der Waals surface area contributed by atoms with E-state index >= 15 is 0 Å². The summed E-state index contributed by atoms with van der Waals surface area (Å²) in [5, 5.41) is 2.08. The van der Waals surface area contributed by atoms with E-state index in [1.54, 1.807) is 23.5 Å². The summed E-state index contributed by atoms with van der Waals surface area (Å²) in [4.78, 5) is 18.6. The second-order valence-electron chi connectivity index (χ2n) is 7.74. The van der Waals surface area contributed by atoms with Crippen molar-refractivity contribution in [1.29, 1.82) is 0 Å². The molecule has 0 spiro atoms. The second kappa shape index (κ2) is 8.55. The van der Waals surface area contributed by atoms with E-state index in [1.807, 2.05) is 24.0 Å². The lowest BCUT2D eigenvalue weighted by Crippen LogP contribution is -2.52. The molecule has 2 aliphatic heterocycles. The van der Waals surface area contributed by atoms with E-state index in [1.165, 1.54) is 9.18 Å². The molecule has 4 rings (SSSR count). The van der Waals surface area contributed by atoms with Crippen molar-refractivity contribution in [2.75, 3.05) is 39.3 Å². The monoisotopic (exact) mass is 433 g/mol. The van der Waals surface area contributed by atoms with Crippen LogP contribution in [-0.4, -0.2) is 67.7 Å². The molecular weight excluding hydrogens is 406 g/mol. The molecule has 1 aromatic carbocycles. The standard InChI is InChI=1S/C21H27N3O3S2/c1-17-6-8-18(9-7-17)29(26,27)24-13-11-22(12-14-24)21(25)16-23-10-2-4-19(23)20-5-3-15-28-20/h3,5-9,15,19H,2,4,10-14,16H2,1H3. The van der Waals surface area contributed by atoms with Crippen LogP contribution in [-0.2, 0) is 14.8 Å². The summed E-state index contributed by atoms with van der Waals surface area (Å²) < 4.78 is 27.2. The third kappa shape index (κ3) is 4.40. The molecule has 0 radical (unpaired) electrons. The van der Waals surface area contributed by atoms with Gasteiger partial charge < -0.3 is 4.90 Å². The van der Waals surface area contributed by atoms with Crippen LogP contribution in [0.25, 0.3) is 0 Å². The van der Waals surface area contributed by atoms with E-state index in [0.29, 0.717) is 43.7 Å². The molecule has 8 heteroatoms. The number of thiophene rings is 1. The smallest absolute Gasteiger partial charge is 0.243 e. The van der Waals surface area contributed by atoms with E-state index in [-0.39, 0.29) is 5.91 Å². The minimum absolute atomic E-state index is 0.0980. The first kappa shape index (κ1) is 20.5. The Balaban J connectivity index is 1.34. The van der Waals surface area contributed by atoms with Crippen molar-refractivity contribution in [1.82, 2.24) is 14.1 Å². The molecule has 3 heterocycles. The maximum absolute atomic E-state index is 12.9. The van der Waals surface area contributed by atoms with Crippen LogP contribution in [0.15, 0.2) is 46.7 Å². The fraction of sp³-hybridized carbons (Fsp3) is 0.476. The Morgan fingerprint density at radius 1 is 1.07 bits per heavy atom. The molecule has 0 aliphatic carbocycles. The number of carbonyl (C=O) groups is 1. The number of rotatable bonds is 5. The fourth-order valence-corrected chi connectivity index (χ4v) is 6.45. The van der Waals surface area contributed by atoms with Crippen molar-refractivity contribution >= 4 is 27.3 Å². The van der Waals surface area contributed by atoms with E-state index < -0.39 is 10.0 Å². The summed E-state index contributed by atoms with van der Waals surface area (Å²) >= 11 is 1.75. The minimum atomic E-state index is -3.50. The third-order valence-corrected chi connectivity index (χ3v) is 8.71. The van der Waals surface area contributed by atoms with Gasteiger partial charge >= 0.3 is 0 Å². The van der Waals surface area contributed by atoms with Gasteiger partial charge in [-0.25, -0.2) is 8.42 Å². The highest BCUT2D eigenvalue weighted by atomic mass is 32.2. The average Bonchev–Trinajstić information content (AvgIpc) is 3.40. The molecule has 29 heavy (non-hydrogen) atoms. The first-order valence-corrected chi connectivity index (χ1v) is 12.4. The Morgan fingerprint density at radius 2 is 1.79 bits per heavy atom. The van der Waals surface area contributed by atoms with Gasteiger partial charge in [0.05, 0.1) is 11.4 Å². The predicted molar refractivity (Wildman–Crippen MR) is 114 cm³/mol. The normalized spacial score (nSPS) is 21.6. The Morgan fingerprint density at radius 3 is 2.45 bits per heavy atom. The van der Waals surface area contributed by atoms with E-state index in [9.17, 15) is 13.2 Å². The van der Waals surface area contributed by atoms with Gasteiger partial charge in [0.1, 0.15) is 0 Å². The van der Waals surface area contributed by atoms with Gasteiger partial charge in [-0.2, -0.15) is 4.31 Å². The van der Waals surface area contributed by atoms with Crippen molar-refractivity contribution in [2.24, 2.45) is 0 Å². The molecular formula is C21H27N3O3S2. The number of hydrogen-bond acceptors (Lipinski definition) is 5. The van der Waals surface area contributed by atoms with Gasteiger partial charge in [-0.3, -0.25) is 9.69 Å². The second-order valence-corrected chi connectivity index (χ2v) is 10.7. The molecule has 2 aliphatic rings. The lowest BCUT2D eigenvalue weighted by Gasteiger charge is -2.35. The van der Waals surface area contributed by atoms with E-state index in [4.69, 9.17) is 0 Å². The lowest BCUT2D eigenvalue weighted by atomic mass is 10.2. The number of carbonyl (C=O) groups excluding carboxylic acids is 1. The molecule has 2 saturated heterocycles. The number of hydrogen-bond donors (Lipinski definition) is 0. The number of aryl methyl sites for hydroxylation is 1. The SMILES string of the molecule is Cc1ccc(S(=O)(=O)N2CCN(C(=O)CN3CCCC3c3cccs3)CC2)cc1. The predicted octanol–water partition coefficient (Wildman–Crippen LogP) is 2.73. The number of benzene rings is 1. The molecule has 1 aromatic heterocycles. The summed E-state index contributed by atoms with van der Waals surface area (Å²) in [6.45, 7) is 4.86. The molecule has 0 bridgehead atoms. The zero-order valence-corrected chi connectivity index (χ0v) is 18.3. The van der Waals surface area contributed by atoms with Gasteiger partial charge in [0, 0.05) is 37.1 Å². The molecule has 2 aromatic rings. The van der Waals surface area contributed by atoms with Gasteiger partial charge in [0.2, 0.25) is 15.9 Å². The molecule has 156 valence electrons. The van der Waals surface area contributed by atoms with Crippen LogP contribution in [0.5, 0.6) is 0 Å².